The van der Waals surface area contributed by atoms with Crippen LogP contribution in [0.5, 0.6) is 0 Å². The molecule has 4 aliphatic rings. The number of aliphatic hydroxyl groups excluding tert-OH is 2. The Balaban J connectivity index is 1.54. The fraction of sp³-hybridized carbons (Fsp3) is 0.778. The molecule has 4 aliphatic carbocycles. The number of allylic oxidation sites excluding steroid dienone is 5. The van der Waals surface area contributed by atoms with Crippen molar-refractivity contribution in [2.24, 2.45) is 28.6 Å². The van der Waals surface area contributed by atoms with E-state index in [1.54, 1.807) is 11.1 Å². The first kappa shape index (κ1) is 22.3. The molecule has 0 saturated heterocycles. The van der Waals surface area contributed by atoms with Crippen molar-refractivity contribution in [3.63, 3.8) is 0 Å². The predicted molar refractivity (Wildman–Crippen MR) is 122 cm³/mol. The molecule has 0 aromatic carbocycles. The number of rotatable bonds is 5. The molecule has 0 spiro atoms. The van der Waals surface area contributed by atoms with Gasteiger partial charge in [-0.2, -0.15) is 0 Å². The predicted octanol–water partition coefficient (Wildman–Crippen LogP) is 5.31. The minimum Gasteiger partial charge on any atom is -0.393 e. The van der Waals surface area contributed by atoms with E-state index in [2.05, 4.69) is 39.0 Å². The topological polar surface area (TPSA) is 60.7 Å². The van der Waals surface area contributed by atoms with E-state index < -0.39 is 17.8 Å². The Bertz CT molecular complexity index is 769. The zero-order valence-corrected chi connectivity index (χ0v) is 19.6. The molecule has 3 heteroatoms. The molecule has 168 valence electrons. The van der Waals surface area contributed by atoms with Crippen molar-refractivity contribution in [1.29, 1.82) is 0 Å². The number of hydrogen-bond acceptors (Lipinski definition) is 3. The Morgan fingerprint density at radius 1 is 1.17 bits per heavy atom. The fourth-order valence-corrected chi connectivity index (χ4v) is 7.43. The van der Waals surface area contributed by atoms with Crippen LogP contribution in [0.25, 0.3) is 0 Å². The highest BCUT2D eigenvalue weighted by Gasteiger charge is 2.56. The normalized spacial score (nSPS) is 41.8. The van der Waals surface area contributed by atoms with E-state index in [0.717, 1.165) is 32.1 Å². The van der Waals surface area contributed by atoms with E-state index >= 15 is 0 Å². The summed E-state index contributed by atoms with van der Waals surface area (Å²) in [4.78, 5) is 0. The second-order valence-electron chi connectivity index (χ2n) is 11.8. The molecule has 7 unspecified atom stereocenters. The van der Waals surface area contributed by atoms with Crippen molar-refractivity contribution in [3.8, 4) is 0 Å². The first-order valence-electron chi connectivity index (χ1n) is 12.2. The summed E-state index contributed by atoms with van der Waals surface area (Å²) in [5, 5.41) is 31.3. The molecule has 0 amide bonds. The highest BCUT2D eigenvalue weighted by Crippen LogP contribution is 2.64. The van der Waals surface area contributed by atoms with Crippen LogP contribution in [0.15, 0.2) is 34.9 Å². The van der Waals surface area contributed by atoms with Gasteiger partial charge in [0.05, 0.1) is 17.8 Å². The van der Waals surface area contributed by atoms with Gasteiger partial charge in [0.2, 0.25) is 0 Å². The molecule has 0 aromatic heterocycles. The maximum Gasteiger partial charge on any atom is 0.0661 e. The van der Waals surface area contributed by atoms with Crippen LogP contribution in [0, 0.1) is 28.6 Å². The molecule has 2 fully saturated rings. The van der Waals surface area contributed by atoms with Crippen LogP contribution >= 0.6 is 0 Å². The molecule has 2 saturated carbocycles. The molecular formula is C27H42O3. The van der Waals surface area contributed by atoms with Crippen LogP contribution < -0.4 is 0 Å². The monoisotopic (exact) mass is 414 g/mol. The zero-order valence-electron chi connectivity index (χ0n) is 19.6. The van der Waals surface area contributed by atoms with Gasteiger partial charge in [-0.05, 0) is 75.5 Å². The lowest BCUT2D eigenvalue weighted by Crippen LogP contribution is -2.52. The van der Waals surface area contributed by atoms with Crippen LogP contribution in [-0.4, -0.2) is 33.1 Å². The summed E-state index contributed by atoms with van der Waals surface area (Å²) in [5.41, 5.74) is 3.85. The zero-order chi connectivity index (χ0) is 21.9. The summed E-state index contributed by atoms with van der Waals surface area (Å²) >= 11 is 0. The highest BCUT2D eigenvalue weighted by molar-refractivity contribution is 5.43. The van der Waals surface area contributed by atoms with Gasteiger partial charge in [0.25, 0.3) is 0 Å². The van der Waals surface area contributed by atoms with E-state index in [1.807, 2.05) is 13.8 Å². The molecular weight excluding hydrogens is 372 g/mol. The van der Waals surface area contributed by atoms with Crippen LogP contribution in [0.2, 0.25) is 0 Å². The Morgan fingerprint density at radius 3 is 2.60 bits per heavy atom. The molecule has 4 rings (SSSR count). The van der Waals surface area contributed by atoms with Crippen LogP contribution in [0.3, 0.4) is 0 Å². The van der Waals surface area contributed by atoms with Gasteiger partial charge in [0.1, 0.15) is 0 Å². The fourth-order valence-electron chi connectivity index (χ4n) is 7.43. The maximum atomic E-state index is 11.0. The first-order valence-corrected chi connectivity index (χ1v) is 12.2. The number of fused-ring (bicyclic) bond motifs is 5. The van der Waals surface area contributed by atoms with Crippen molar-refractivity contribution in [2.45, 2.75) is 104 Å². The quantitative estimate of drug-likeness (QED) is 0.534. The summed E-state index contributed by atoms with van der Waals surface area (Å²) in [6.07, 6.45) is 13.9. The van der Waals surface area contributed by atoms with Gasteiger partial charge in [0, 0.05) is 11.8 Å². The first-order chi connectivity index (χ1) is 14.0. The van der Waals surface area contributed by atoms with Crippen molar-refractivity contribution in [1.82, 2.24) is 0 Å². The lowest BCUT2D eigenvalue weighted by Gasteiger charge is -2.56. The Hall–Kier alpha value is -0.900. The van der Waals surface area contributed by atoms with Gasteiger partial charge < -0.3 is 15.3 Å². The van der Waals surface area contributed by atoms with Crippen molar-refractivity contribution < 1.29 is 15.3 Å². The molecule has 7 atom stereocenters. The second kappa shape index (κ2) is 7.60. The molecule has 0 radical (unpaired) electrons. The molecule has 3 N–H and O–H groups in total. The third-order valence-corrected chi connectivity index (χ3v) is 9.25. The van der Waals surface area contributed by atoms with E-state index in [0.29, 0.717) is 30.6 Å². The highest BCUT2D eigenvalue weighted by atomic mass is 16.3. The van der Waals surface area contributed by atoms with Gasteiger partial charge in [-0.15, -0.1) is 0 Å². The third-order valence-electron chi connectivity index (χ3n) is 9.25. The largest absolute Gasteiger partial charge is 0.393 e. The summed E-state index contributed by atoms with van der Waals surface area (Å²) in [6.45, 7) is 10.9. The van der Waals surface area contributed by atoms with Gasteiger partial charge in [-0.3, -0.25) is 0 Å². The summed E-state index contributed by atoms with van der Waals surface area (Å²) in [7, 11) is 0. The van der Waals surface area contributed by atoms with Crippen LogP contribution in [-0.2, 0) is 0 Å². The second-order valence-corrected chi connectivity index (χ2v) is 11.8. The van der Waals surface area contributed by atoms with Crippen LogP contribution in [0.1, 0.15) is 86.0 Å². The Kier molecular flexibility index (Phi) is 5.65. The summed E-state index contributed by atoms with van der Waals surface area (Å²) in [6, 6.07) is 0. The molecule has 0 heterocycles. The third kappa shape index (κ3) is 3.55. The van der Waals surface area contributed by atoms with E-state index in [4.69, 9.17) is 0 Å². The van der Waals surface area contributed by atoms with Crippen molar-refractivity contribution in [2.75, 3.05) is 0 Å². The number of aliphatic hydroxyl groups is 3. The van der Waals surface area contributed by atoms with Gasteiger partial charge in [-0.1, -0.05) is 62.1 Å². The van der Waals surface area contributed by atoms with Crippen molar-refractivity contribution in [3.05, 3.63) is 34.9 Å². The Labute approximate surface area is 183 Å². The minimum absolute atomic E-state index is 0.217. The minimum atomic E-state index is -0.574. The average Bonchev–Trinajstić information content (AvgIpc) is 2.99. The lowest BCUT2D eigenvalue weighted by atomic mass is 9.49. The summed E-state index contributed by atoms with van der Waals surface area (Å²) < 4.78 is 0. The van der Waals surface area contributed by atoms with E-state index in [9.17, 15) is 15.3 Å². The Morgan fingerprint density at radius 2 is 1.90 bits per heavy atom. The van der Waals surface area contributed by atoms with Crippen LogP contribution in [0.4, 0.5) is 0 Å². The molecule has 30 heavy (non-hydrogen) atoms. The lowest BCUT2D eigenvalue weighted by molar-refractivity contribution is -0.0492. The molecule has 3 nitrogen and oxygen atoms in total. The van der Waals surface area contributed by atoms with E-state index in [1.165, 1.54) is 12.0 Å². The standard InChI is InChI=1S/C27H42O3/c1-17(7-6-13-25(2,3)30)21-10-11-22-20-9-8-18-15-19(28)16-24(29)27(18,5)23(20)12-14-26(21,22)4/h8-10,17,19,22-24,28-30H,6-7,11-16H2,1-5H3. The maximum absolute atomic E-state index is 11.0. The van der Waals surface area contributed by atoms with Gasteiger partial charge in [0.15, 0.2) is 0 Å². The average molecular weight is 415 g/mol. The van der Waals surface area contributed by atoms with Gasteiger partial charge in [-0.25, -0.2) is 0 Å². The smallest absolute Gasteiger partial charge is 0.0661 e. The summed E-state index contributed by atoms with van der Waals surface area (Å²) in [5.74, 6) is 1.49. The van der Waals surface area contributed by atoms with Crippen molar-refractivity contribution >= 4 is 0 Å². The molecule has 0 aliphatic heterocycles. The molecule has 0 aromatic rings. The molecule has 0 bridgehead atoms. The number of hydrogen-bond donors (Lipinski definition) is 3. The van der Waals surface area contributed by atoms with E-state index in [-0.39, 0.29) is 10.8 Å². The SMILES string of the molecule is CC(CCCC(C)(C)O)C1=CCC2C3=CC=C4CC(O)CC(O)C4(C)C3CCC12C. The van der Waals surface area contributed by atoms with Gasteiger partial charge >= 0.3 is 0 Å².